The molecule has 1 aliphatic heterocycles. The van der Waals surface area contributed by atoms with Gasteiger partial charge in [-0.15, -0.1) is 0 Å². The van der Waals surface area contributed by atoms with Gasteiger partial charge < -0.3 is 14.6 Å². The second kappa shape index (κ2) is 6.62. The molecule has 3 aromatic rings. The SMILES string of the molecule is CN1c2c[nH]c3cccc(c23)C2C[C@@H](COC(=O)c3cncc([18F])c3)CCC21. The van der Waals surface area contributed by atoms with Crippen molar-refractivity contribution >= 4 is 22.6 Å². The highest BCUT2D eigenvalue weighted by atomic mass is 18.2. The smallest absolute Gasteiger partial charge is 0.339 e. The van der Waals surface area contributed by atoms with E-state index in [1.807, 2.05) is 0 Å². The normalized spacial score (nSPS) is 23.5. The molecular formula is C22H22FN3O2. The predicted molar refractivity (Wildman–Crippen MR) is 105 cm³/mol. The van der Waals surface area contributed by atoms with E-state index in [2.05, 4.69) is 46.3 Å². The summed E-state index contributed by atoms with van der Waals surface area (Å²) in [6, 6.07) is 8.09. The largest absolute Gasteiger partial charge is 0.462 e. The van der Waals surface area contributed by atoms with Gasteiger partial charge in [0, 0.05) is 42.3 Å². The van der Waals surface area contributed by atoms with Crippen molar-refractivity contribution in [2.75, 3.05) is 18.6 Å². The number of halogens is 1. The van der Waals surface area contributed by atoms with Crippen LogP contribution in [-0.4, -0.2) is 35.6 Å². The Labute approximate surface area is 162 Å². The number of pyridine rings is 1. The Morgan fingerprint density at radius 1 is 1.36 bits per heavy atom. The molecule has 28 heavy (non-hydrogen) atoms. The highest BCUT2D eigenvalue weighted by molar-refractivity contribution is 5.97. The van der Waals surface area contributed by atoms with Gasteiger partial charge in [-0.1, -0.05) is 12.1 Å². The zero-order valence-corrected chi connectivity index (χ0v) is 15.7. The number of likely N-dealkylation sites (N-methyl/N-ethyl adjacent to an activating group) is 1. The van der Waals surface area contributed by atoms with E-state index in [1.165, 1.54) is 28.4 Å². The lowest BCUT2D eigenvalue weighted by Crippen LogP contribution is -2.43. The van der Waals surface area contributed by atoms with E-state index in [9.17, 15) is 9.18 Å². The number of aromatic nitrogens is 2. The first-order valence-corrected chi connectivity index (χ1v) is 9.72. The van der Waals surface area contributed by atoms with Gasteiger partial charge in [-0.2, -0.15) is 0 Å². The molecule has 0 saturated heterocycles. The molecule has 144 valence electrons. The Morgan fingerprint density at radius 3 is 3.11 bits per heavy atom. The lowest BCUT2D eigenvalue weighted by molar-refractivity contribution is 0.0394. The van der Waals surface area contributed by atoms with Crippen LogP contribution < -0.4 is 4.90 Å². The number of aromatic amines is 1. The molecule has 1 N–H and O–H groups in total. The number of carbonyl (C=O) groups excluding carboxylic acids is 1. The maximum absolute atomic E-state index is 13.3. The monoisotopic (exact) mass is 378 g/mol. The number of benzene rings is 1. The number of hydrogen-bond donors (Lipinski definition) is 1. The van der Waals surface area contributed by atoms with E-state index in [-0.39, 0.29) is 5.56 Å². The van der Waals surface area contributed by atoms with E-state index < -0.39 is 11.8 Å². The molecule has 6 heteroatoms. The van der Waals surface area contributed by atoms with E-state index >= 15 is 0 Å². The fourth-order valence-electron chi connectivity index (χ4n) is 4.95. The number of H-pyrrole nitrogens is 1. The van der Waals surface area contributed by atoms with Gasteiger partial charge in [0.1, 0.15) is 5.82 Å². The van der Waals surface area contributed by atoms with Crippen molar-refractivity contribution in [3.8, 4) is 0 Å². The molecule has 3 atom stereocenters. The quantitative estimate of drug-likeness (QED) is 0.692. The molecule has 2 unspecified atom stereocenters. The van der Waals surface area contributed by atoms with Crippen molar-refractivity contribution in [3.63, 3.8) is 0 Å². The molecule has 5 rings (SSSR count). The summed E-state index contributed by atoms with van der Waals surface area (Å²) in [5, 5.41) is 1.31. The maximum atomic E-state index is 13.3. The minimum atomic E-state index is -0.532. The van der Waals surface area contributed by atoms with Crippen molar-refractivity contribution in [1.82, 2.24) is 9.97 Å². The van der Waals surface area contributed by atoms with Crippen LogP contribution in [0.1, 0.15) is 41.1 Å². The number of rotatable bonds is 3. The van der Waals surface area contributed by atoms with Crippen molar-refractivity contribution in [2.45, 2.75) is 31.2 Å². The molecule has 1 fully saturated rings. The molecule has 0 amide bonds. The molecule has 1 aromatic carbocycles. The molecule has 1 saturated carbocycles. The van der Waals surface area contributed by atoms with Crippen molar-refractivity contribution < 1.29 is 13.9 Å². The van der Waals surface area contributed by atoms with Crippen LogP contribution >= 0.6 is 0 Å². The summed E-state index contributed by atoms with van der Waals surface area (Å²) in [6.45, 7) is 0.359. The van der Waals surface area contributed by atoms with E-state index in [0.717, 1.165) is 31.5 Å². The summed E-state index contributed by atoms with van der Waals surface area (Å²) in [6.07, 6.45) is 7.57. The Kier molecular flexibility index (Phi) is 4.07. The molecule has 0 spiro atoms. The number of anilines is 1. The van der Waals surface area contributed by atoms with E-state index in [1.54, 1.807) is 0 Å². The zero-order chi connectivity index (χ0) is 19.3. The molecule has 1 aliphatic carbocycles. The third-order valence-electron chi connectivity index (χ3n) is 6.31. The average Bonchev–Trinajstić information content (AvgIpc) is 3.15. The third-order valence-corrected chi connectivity index (χ3v) is 6.31. The van der Waals surface area contributed by atoms with Gasteiger partial charge in [0.2, 0.25) is 0 Å². The lowest BCUT2D eigenvalue weighted by atomic mass is 9.72. The summed E-state index contributed by atoms with van der Waals surface area (Å²) < 4.78 is 18.8. The average molecular weight is 378 g/mol. The molecule has 3 heterocycles. The summed E-state index contributed by atoms with van der Waals surface area (Å²) in [4.78, 5) is 21.7. The molecule has 5 nitrogen and oxygen atoms in total. The van der Waals surface area contributed by atoms with Crippen molar-refractivity contribution in [3.05, 3.63) is 59.8 Å². The van der Waals surface area contributed by atoms with Crippen LogP contribution in [0.4, 0.5) is 10.1 Å². The summed E-state index contributed by atoms with van der Waals surface area (Å²) in [5.41, 5.74) is 4.00. The van der Waals surface area contributed by atoms with Crippen LogP contribution in [0.3, 0.4) is 0 Å². The summed E-state index contributed by atoms with van der Waals surface area (Å²) >= 11 is 0. The fourth-order valence-corrected chi connectivity index (χ4v) is 4.95. The van der Waals surface area contributed by atoms with Crippen LogP contribution in [0.15, 0.2) is 42.9 Å². The number of esters is 1. The molecule has 0 bridgehead atoms. The second-order valence-corrected chi connectivity index (χ2v) is 7.90. The van der Waals surface area contributed by atoms with Crippen LogP contribution in [0.25, 0.3) is 10.9 Å². The van der Waals surface area contributed by atoms with Crippen molar-refractivity contribution in [2.24, 2.45) is 5.92 Å². The Hall–Kier alpha value is -2.89. The lowest BCUT2D eigenvalue weighted by Gasteiger charge is -2.45. The molecule has 0 radical (unpaired) electrons. The van der Waals surface area contributed by atoms with Gasteiger partial charge >= 0.3 is 5.97 Å². The maximum Gasteiger partial charge on any atom is 0.339 e. The van der Waals surface area contributed by atoms with E-state index in [4.69, 9.17) is 4.74 Å². The number of ether oxygens (including phenoxy) is 1. The fraction of sp³-hybridized carbons (Fsp3) is 0.364. The Balaban J connectivity index is 1.33. The number of hydrogen-bond acceptors (Lipinski definition) is 4. The number of carbonyl (C=O) groups is 1. The number of fused-ring (bicyclic) bond motifs is 2. The van der Waals surface area contributed by atoms with Gasteiger partial charge in [-0.3, -0.25) is 4.98 Å². The highest BCUT2D eigenvalue weighted by Gasteiger charge is 2.39. The van der Waals surface area contributed by atoms with Gasteiger partial charge in [0.25, 0.3) is 0 Å². The zero-order valence-electron chi connectivity index (χ0n) is 15.7. The Morgan fingerprint density at radius 2 is 2.25 bits per heavy atom. The molecule has 2 aromatic heterocycles. The second-order valence-electron chi connectivity index (χ2n) is 7.90. The first kappa shape index (κ1) is 17.2. The standard InChI is InChI=1S/C22H22FN3O2/c1-26-19-6-5-13(12-28-22(27)14-8-15(23)10-24-9-14)7-17(19)16-3-2-4-18-21(16)20(26)11-25-18/h2-4,8-11,13,17,19,25H,5-7,12H2,1H3/t13-,17?,19?/m0/s1/i23-1. The summed E-state index contributed by atoms with van der Waals surface area (Å²) in [5.74, 6) is -0.318. The van der Waals surface area contributed by atoms with Gasteiger partial charge in [-0.05, 0) is 42.9 Å². The van der Waals surface area contributed by atoms with Gasteiger partial charge in [0.15, 0.2) is 0 Å². The van der Waals surface area contributed by atoms with Gasteiger partial charge in [0.05, 0.1) is 24.1 Å². The minimum Gasteiger partial charge on any atom is -0.462 e. The Bertz CT molecular complexity index is 1050. The summed E-state index contributed by atoms with van der Waals surface area (Å²) in [7, 11) is 2.17. The first-order valence-electron chi connectivity index (χ1n) is 9.72. The van der Waals surface area contributed by atoms with Crippen molar-refractivity contribution in [1.29, 1.82) is 0 Å². The first-order chi connectivity index (χ1) is 13.6. The van der Waals surface area contributed by atoms with Crippen LogP contribution in [0.2, 0.25) is 0 Å². The van der Waals surface area contributed by atoms with Gasteiger partial charge in [-0.25, -0.2) is 9.18 Å². The topological polar surface area (TPSA) is 58.2 Å². The number of nitrogens with one attached hydrogen (secondary N) is 1. The number of nitrogens with zero attached hydrogens (tertiary/aromatic N) is 2. The van der Waals surface area contributed by atoms with E-state index in [0.29, 0.717) is 24.5 Å². The molecular weight excluding hydrogens is 356 g/mol. The van der Waals surface area contributed by atoms with Crippen LogP contribution in [-0.2, 0) is 4.74 Å². The predicted octanol–water partition coefficient (Wildman–Crippen LogP) is 4.26. The minimum absolute atomic E-state index is 0.160. The third kappa shape index (κ3) is 2.75. The highest BCUT2D eigenvalue weighted by Crippen LogP contribution is 2.48. The molecule has 2 aliphatic rings. The van der Waals surface area contributed by atoms with Crippen LogP contribution in [0.5, 0.6) is 0 Å². The van der Waals surface area contributed by atoms with Crippen LogP contribution in [0, 0.1) is 11.7 Å².